The molecule has 116 valence electrons. The van der Waals surface area contributed by atoms with Crippen molar-refractivity contribution in [1.29, 1.82) is 0 Å². The summed E-state index contributed by atoms with van der Waals surface area (Å²) in [6.07, 6.45) is 2.35. The minimum absolute atomic E-state index is 0.0382. The largest absolute Gasteiger partial charge is 0.325 e. The van der Waals surface area contributed by atoms with Gasteiger partial charge in [-0.05, 0) is 44.4 Å². The second-order valence-electron chi connectivity index (χ2n) is 5.43. The first-order valence-electron chi connectivity index (χ1n) is 7.15. The summed E-state index contributed by atoms with van der Waals surface area (Å²) >= 11 is 4.91. The summed E-state index contributed by atoms with van der Waals surface area (Å²) in [6, 6.07) is 6.31. The average Bonchev–Trinajstić information content (AvgIpc) is 3.24. The van der Waals surface area contributed by atoms with Crippen LogP contribution < -0.4 is 5.32 Å². The van der Waals surface area contributed by atoms with Crippen LogP contribution in [-0.4, -0.2) is 26.4 Å². The lowest BCUT2D eigenvalue weighted by molar-refractivity contribution is -0.113. The van der Waals surface area contributed by atoms with E-state index in [0.717, 1.165) is 26.7 Å². The number of carbonyl (C=O) groups excluding carboxylic acids is 1. The third kappa shape index (κ3) is 3.52. The van der Waals surface area contributed by atoms with Crippen LogP contribution in [0.3, 0.4) is 0 Å². The Morgan fingerprint density at radius 2 is 2.18 bits per heavy atom. The van der Waals surface area contributed by atoms with E-state index in [9.17, 15) is 4.79 Å². The number of nitrogens with one attached hydrogen (secondary N) is 1. The van der Waals surface area contributed by atoms with Crippen LogP contribution >= 0.6 is 27.7 Å². The van der Waals surface area contributed by atoms with E-state index in [4.69, 9.17) is 0 Å². The van der Waals surface area contributed by atoms with Crippen LogP contribution in [0, 0.1) is 13.8 Å². The van der Waals surface area contributed by atoms with Gasteiger partial charge in [-0.3, -0.25) is 4.79 Å². The third-order valence-corrected chi connectivity index (χ3v) is 5.33. The molecule has 1 heterocycles. The molecule has 1 aromatic heterocycles. The molecule has 0 atom stereocenters. The van der Waals surface area contributed by atoms with Gasteiger partial charge in [0.2, 0.25) is 5.91 Å². The molecule has 5 nitrogen and oxygen atoms in total. The molecule has 1 amide bonds. The molecule has 0 unspecified atom stereocenters. The maximum atomic E-state index is 12.1. The maximum Gasteiger partial charge on any atom is 0.234 e. The zero-order chi connectivity index (χ0) is 15.7. The summed E-state index contributed by atoms with van der Waals surface area (Å²) in [5, 5.41) is 12.0. The number of anilines is 1. The fourth-order valence-corrected chi connectivity index (χ4v) is 3.43. The van der Waals surface area contributed by atoms with Gasteiger partial charge in [0.05, 0.1) is 5.75 Å². The zero-order valence-electron chi connectivity index (χ0n) is 12.5. The number of aryl methyl sites for hydroxylation is 2. The van der Waals surface area contributed by atoms with Crippen LogP contribution in [0.2, 0.25) is 0 Å². The number of benzene rings is 1. The van der Waals surface area contributed by atoms with E-state index in [1.165, 1.54) is 24.6 Å². The average molecular weight is 381 g/mol. The number of hydrogen-bond donors (Lipinski definition) is 1. The van der Waals surface area contributed by atoms with Gasteiger partial charge in [0.15, 0.2) is 5.16 Å². The molecule has 3 rings (SSSR count). The van der Waals surface area contributed by atoms with Crippen LogP contribution in [0.15, 0.2) is 27.8 Å². The van der Waals surface area contributed by atoms with Crippen molar-refractivity contribution in [2.75, 3.05) is 11.1 Å². The number of rotatable bonds is 5. The van der Waals surface area contributed by atoms with E-state index in [1.54, 1.807) is 0 Å². The Morgan fingerprint density at radius 1 is 1.41 bits per heavy atom. The quantitative estimate of drug-likeness (QED) is 0.802. The minimum Gasteiger partial charge on any atom is -0.325 e. The first-order valence-corrected chi connectivity index (χ1v) is 8.93. The van der Waals surface area contributed by atoms with Gasteiger partial charge in [-0.2, -0.15) is 0 Å². The van der Waals surface area contributed by atoms with E-state index in [-0.39, 0.29) is 5.91 Å². The standard InChI is InChI=1S/C15H17BrN4OS/c1-9-3-4-11(7-13(9)16)17-14(21)8-22-15-19-18-10(2)20(15)12-5-6-12/h3-4,7,12H,5-6,8H2,1-2H3,(H,17,21). The van der Waals surface area contributed by atoms with Crippen LogP contribution in [-0.2, 0) is 4.79 Å². The van der Waals surface area contributed by atoms with E-state index in [0.29, 0.717) is 11.8 Å². The molecule has 7 heteroatoms. The van der Waals surface area contributed by atoms with Crippen molar-refractivity contribution in [3.8, 4) is 0 Å². The molecule has 0 aliphatic heterocycles. The second kappa shape index (κ2) is 6.42. The lowest BCUT2D eigenvalue weighted by Gasteiger charge is -2.08. The summed E-state index contributed by atoms with van der Waals surface area (Å²) in [7, 11) is 0. The molecule has 0 spiro atoms. The summed E-state index contributed by atoms with van der Waals surface area (Å²) in [6.45, 7) is 3.97. The smallest absolute Gasteiger partial charge is 0.234 e. The molecule has 1 aliphatic rings. The lowest BCUT2D eigenvalue weighted by atomic mass is 10.2. The van der Waals surface area contributed by atoms with Crippen molar-refractivity contribution in [2.45, 2.75) is 37.9 Å². The Hall–Kier alpha value is -1.34. The van der Waals surface area contributed by atoms with Gasteiger partial charge in [-0.1, -0.05) is 33.8 Å². The van der Waals surface area contributed by atoms with Gasteiger partial charge >= 0.3 is 0 Å². The van der Waals surface area contributed by atoms with Gasteiger partial charge in [-0.15, -0.1) is 10.2 Å². The number of amides is 1. The van der Waals surface area contributed by atoms with Gasteiger partial charge in [0, 0.05) is 16.2 Å². The van der Waals surface area contributed by atoms with Crippen molar-refractivity contribution in [3.63, 3.8) is 0 Å². The van der Waals surface area contributed by atoms with Crippen molar-refractivity contribution >= 4 is 39.3 Å². The highest BCUT2D eigenvalue weighted by Gasteiger charge is 2.28. The number of carbonyl (C=O) groups is 1. The second-order valence-corrected chi connectivity index (χ2v) is 7.23. The number of hydrogen-bond acceptors (Lipinski definition) is 4. The van der Waals surface area contributed by atoms with E-state index in [1.807, 2.05) is 32.0 Å². The highest BCUT2D eigenvalue weighted by molar-refractivity contribution is 9.10. The van der Waals surface area contributed by atoms with E-state index in [2.05, 4.69) is 36.0 Å². The molecular formula is C15H17BrN4OS. The molecule has 1 aromatic carbocycles. The highest BCUT2D eigenvalue weighted by Crippen LogP contribution is 2.38. The molecule has 1 aliphatic carbocycles. The summed E-state index contributed by atoms with van der Waals surface area (Å²) in [5.74, 6) is 1.22. The van der Waals surface area contributed by atoms with Crippen molar-refractivity contribution in [3.05, 3.63) is 34.1 Å². The van der Waals surface area contributed by atoms with E-state index < -0.39 is 0 Å². The van der Waals surface area contributed by atoms with Crippen LogP contribution in [0.1, 0.15) is 30.3 Å². The molecule has 0 saturated heterocycles. The molecule has 22 heavy (non-hydrogen) atoms. The summed E-state index contributed by atoms with van der Waals surface area (Å²) < 4.78 is 3.13. The Labute approximate surface area is 142 Å². The maximum absolute atomic E-state index is 12.1. The summed E-state index contributed by atoms with van der Waals surface area (Å²) in [5.41, 5.74) is 1.93. The van der Waals surface area contributed by atoms with E-state index >= 15 is 0 Å². The van der Waals surface area contributed by atoms with Crippen LogP contribution in [0.5, 0.6) is 0 Å². The molecule has 1 saturated carbocycles. The van der Waals surface area contributed by atoms with Gasteiger partial charge in [0.1, 0.15) is 5.82 Å². The van der Waals surface area contributed by atoms with Crippen LogP contribution in [0.25, 0.3) is 0 Å². The van der Waals surface area contributed by atoms with Crippen molar-refractivity contribution < 1.29 is 4.79 Å². The molecular weight excluding hydrogens is 364 g/mol. The third-order valence-electron chi connectivity index (χ3n) is 3.53. The van der Waals surface area contributed by atoms with Gasteiger partial charge in [-0.25, -0.2) is 0 Å². The van der Waals surface area contributed by atoms with Crippen molar-refractivity contribution in [1.82, 2.24) is 14.8 Å². The Kier molecular flexibility index (Phi) is 4.54. The number of thioether (sulfide) groups is 1. The number of halogens is 1. The Morgan fingerprint density at radius 3 is 2.86 bits per heavy atom. The predicted octanol–water partition coefficient (Wildman–Crippen LogP) is 3.72. The first kappa shape index (κ1) is 15.6. The molecule has 0 bridgehead atoms. The minimum atomic E-state index is -0.0382. The Balaban J connectivity index is 1.59. The monoisotopic (exact) mass is 380 g/mol. The predicted molar refractivity (Wildman–Crippen MR) is 91.3 cm³/mol. The molecule has 2 aromatic rings. The lowest BCUT2D eigenvalue weighted by Crippen LogP contribution is -2.14. The Bertz CT molecular complexity index is 712. The number of nitrogens with zero attached hydrogens (tertiary/aromatic N) is 3. The molecule has 1 fully saturated rings. The summed E-state index contributed by atoms with van der Waals surface area (Å²) in [4.78, 5) is 12.1. The first-order chi connectivity index (χ1) is 10.5. The molecule has 0 radical (unpaired) electrons. The SMILES string of the molecule is Cc1ccc(NC(=O)CSc2nnc(C)n2C2CC2)cc1Br. The fourth-order valence-electron chi connectivity index (χ4n) is 2.20. The van der Waals surface area contributed by atoms with Gasteiger partial charge in [0.25, 0.3) is 0 Å². The van der Waals surface area contributed by atoms with Crippen molar-refractivity contribution in [2.24, 2.45) is 0 Å². The highest BCUT2D eigenvalue weighted by atomic mass is 79.9. The van der Waals surface area contributed by atoms with Crippen LogP contribution in [0.4, 0.5) is 5.69 Å². The zero-order valence-corrected chi connectivity index (χ0v) is 14.9. The fraction of sp³-hybridized carbons (Fsp3) is 0.400. The molecule has 1 N–H and O–H groups in total. The van der Waals surface area contributed by atoms with Gasteiger partial charge < -0.3 is 9.88 Å². The topological polar surface area (TPSA) is 59.8 Å². The normalized spacial score (nSPS) is 14.1. The number of aromatic nitrogens is 3.